The van der Waals surface area contributed by atoms with Crippen LogP contribution < -0.4 is 11.5 Å². The van der Waals surface area contributed by atoms with Crippen molar-refractivity contribution < 1.29 is 0 Å². The highest BCUT2D eigenvalue weighted by atomic mass is 15.2. The number of nitrogens with two attached hydrogens (primary N) is 2. The lowest BCUT2D eigenvalue weighted by molar-refractivity contribution is 0.590. The molecule has 0 aromatic heterocycles. The van der Waals surface area contributed by atoms with Gasteiger partial charge >= 0.3 is 0 Å². The van der Waals surface area contributed by atoms with Crippen LogP contribution in [-0.4, -0.2) is 11.4 Å². The summed E-state index contributed by atoms with van der Waals surface area (Å²) in [5.41, 5.74) is 19.9. The molecule has 2 aromatic rings. The van der Waals surface area contributed by atoms with E-state index in [4.69, 9.17) is 11.5 Å². The molecule has 4 nitrogen and oxygen atoms in total. The van der Waals surface area contributed by atoms with Gasteiger partial charge in [0.1, 0.15) is 0 Å². The molecule has 0 heterocycles. The number of benzene rings is 2. The fourth-order valence-electron chi connectivity index (χ4n) is 2.98. The highest BCUT2D eigenvalue weighted by molar-refractivity contribution is 6.06. The van der Waals surface area contributed by atoms with Crippen LogP contribution in [0, 0.1) is 0 Å². The maximum atomic E-state index is 6.27. The molecule has 0 saturated carbocycles. The Hall–Kier alpha value is -2.62. The molecule has 150 valence electrons. The molecule has 0 fully saturated rings. The summed E-state index contributed by atoms with van der Waals surface area (Å²) in [6.45, 7) is 16.9. The van der Waals surface area contributed by atoms with E-state index in [1.165, 1.54) is 11.1 Å². The van der Waals surface area contributed by atoms with Crippen molar-refractivity contribution in [1.29, 1.82) is 0 Å². The van der Waals surface area contributed by atoms with Gasteiger partial charge in [0.25, 0.3) is 0 Å². The highest BCUT2D eigenvalue weighted by Gasteiger charge is 2.16. The molecule has 0 unspecified atom stereocenters. The SMILES string of the molecule is CC(=NN=C(C)c1ccc(C(C)(C)C)cc1N)c1ccc(C(C)(C)C)cc1N. The van der Waals surface area contributed by atoms with Crippen LogP contribution in [0.2, 0.25) is 0 Å². The van der Waals surface area contributed by atoms with E-state index in [9.17, 15) is 0 Å². The summed E-state index contributed by atoms with van der Waals surface area (Å²) in [4.78, 5) is 0. The van der Waals surface area contributed by atoms with Crippen molar-refractivity contribution >= 4 is 22.8 Å². The van der Waals surface area contributed by atoms with E-state index in [2.05, 4.69) is 63.9 Å². The fraction of sp³-hybridized carbons (Fsp3) is 0.417. The Morgan fingerprint density at radius 2 is 0.964 bits per heavy atom. The first-order valence-corrected chi connectivity index (χ1v) is 9.70. The largest absolute Gasteiger partial charge is 0.398 e. The summed E-state index contributed by atoms with van der Waals surface area (Å²) < 4.78 is 0. The predicted molar refractivity (Wildman–Crippen MR) is 124 cm³/mol. The second-order valence-corrected chi connectivity index (χ2v) is 9.47. The Bertz CT molecular complexity index is 845. The summed E-state index contributed by atoms with van der Waals surface area (Å²) >= 11 is 0. The minimum absolute atomic E-state index is 0.0587. The van der Waals surface area contributed by atoms with Gasteiger partial charge in [0.2, 0.25) is 0 Å². The van der Waals surface area contributed by atoms with Gasteiger partial charge < -0.3 is 11.5 Å². The topological polar surface area (TPSA) is 76.8 Å². The lowest BCUT2D eigenvalue weighted by Gasteiger charge is -2.20. The Morgan fingerprint density at radius 3 is 1.21 bits per heavy atom. The van der Waals surface area contributed by atoms with Gasteiger partial charge in [0.05, 0.1) is 11.4 Å². The number of hydrogen-bond acceptors (Lipinski definition) is 4. The van der Waals surface area contributed by atoms with Crippen LogP contribution in [0.25, 0.3) is 0 Å². The van der Waals surface area contributed by atoms with Crippen LogP contribution >= 0.6 is 0 Å². The Balaban J connectivity index is 2.32. The quantitative estimate of drug-likeness (QED) is 0.409. The third-order valence-electron chi connectivity index (χ3n) is 4.96. The van der Waals surface area contributed by atoms with Gasteiger partial charge in [-0.15, -0.1) is 0 Å². The summed E-state index contributed by atoms with van der Waals surface area (Å²) in [7, 11) is 0. The lowest BCUT2D eigenvalue weighted by atomic mass is 9.86. The van der Waals surface area contributed by atoms with Gasteiger partial charge in [-0.1, -0.05) is 65.8 Å². The minimum Gasteiger partial charge on any atom is -0.398 e. The van der Waals surface area contributed by atoms with E-state index < -0.39 is 0 Å². The molecule has 0 spiro atoms. The molecule has 0 bridgehead atoms. The normalized spacial score (nSPS) is 13.7. The average Bonchev–Trinajstić information content (AvgIpc) is 2.57. The van der Waals surface area contributed by atoms with E-state index in [0.29, 0.717) is 0 Å². The van der Waals surface area contributed by atoms with Crippen molar-refractivity contribution in [3.05, 3.63) is 58.7 Å². The van der Waals surface area contributed by atoms with Gasteiger partial charge in [-0.05, 0) is 47.9 Å². The highest BCUT2D eigenvalue weighted by Crippen LogP contribution is 2.27. The molecule has 4 heteroatoms. The van der Waals surface area contributed by atoms with Crippen LogP contribution in [0.4, 0.5) is 11.4 Å². The molecule has 0 atom stereocenters. The number of hydrogen-bond donors (Lipinski definition) is 2. The van der Waals surface area contributed by atoms with Crippen molar-refractivity contribution in [3.8, 4) is 0 Å². The molecule has 2 rings (SSSR count). The molecule has 0 amide bonds. The Labute approximate surface area is 169 Å². The predicted octanol–water partition coefficient (Wildman–Crippen LogP) is 5.68. The maximum Gasteiger partial charge on any atom is 0.0692 e. The van der Waals surface area contributed by atoms with Gasteiger partial charge in [-0.25, -0.2) is 0 Å². The van der Waals surface area contributed by atoms with Crippen LogP contribution in [0.1, 0.15) is 77.6 Å². The van der Waals surface area contributed by atoms with E-state index in [0.717, 1.165) is 33.9 Å². The molecular formula is C24H34N4. The molecule has 0 aliphatic heterocycles. The molecule has 28 heavy (non-hydrogen) atoms. The van der Waals surface area contributed by atoms with Crippen LogP contribution in [0.3, 0.4) is 0 Å². The van der Waals surface area contributed by atoms with Crippen molar-refractivity contribution in [2.24, 2.45) is 10.2 Å². The Kier molecular flexibility index (Phi) is 6.03. The van der Waals surface area contributed by atoms with Gasteiger partial charge in [0.15, 0.2) is 0 Å². The third-order valence-corrected chi connectivity index (χ3v) is 4.96. The molecule has 0 aliphatic rings. The minimum atomic E-state index is 0.0587. The second-order valence-electron chi connectivity index (χ2n) is 9.47. The van der Waals surface area contributed by atoms with Crippen molar-refractivity contribution in [2.45, 2.75) is 66.2 Å². The molecule has 2 aromatic carbocycles. The number of nitrogen functional groups attached to an aromatic ring is 2. The fourth-order valence-corrected chi connectivity index (χ4v) is 2.98. The maximum absolute atomic E-state index is 6.27. The number of rotatable bonds is 3. The van der Waals surface area contributed by atoms with Crippen LogP contribution in [-0.2, 0) is 10.8 Å². The summed E-state index contributed by atoms with van der Waals surface area (Å²) in [6, 6.07) is 12.3. The first-order chi connectivity index (χ1) is 12.8. The van der Waals surface area contributed by atoms with Crippen molar-refractivity contribution in [2.75, 3.05) is 11.5 Å². The molecule has 0 radical (unpaired) electrons. The zero-order valence-electron chi connectivity index (χ0n) is 18.5. The standard InChI is InChI=1S/C24H34N4/c1-15(19-11-9-17(13-21(19)25)23(3,4)5)27-28-16(2)20-12-10-18(14-22(20)26)24(6,7)8/h9-14H,25-26H2,1-8H3. The molecule has 0 aliphatic carbocycles. The zero-order chi connectivity index (χ0) is 21.3. The summed E-state index contributed by atoms with van der Waals surface area (Å²) in [5.74, 6) is 0. The van der Waals surface area contributed by atoms with Crippen molar-refractivity contribution in [1.82, 2.24) is 0 Å². The third kappa shape index (κ3) is 5.00. The van der Waals surface area contributed by atoms with Gasteiger partial charge in [-0.2, -0.15) is 10.2 Å². The molecular weight excluding hydrogens is 344 g/mol. The molecule has 0 saturated heterocycles. The smallest absolute Gasteiger partial charge is 0.0692 e. The summed E-state index contributed by atoms with van der Waals surface area (Å²) in [6.07, 6.45) is 0. The van der Waals surface area contributed by atoms with Crippen LogP contribution in [0.5, 0.6) is 0 Å². The van der Waals surface area contributed by atoms with Gasteiger partial charge in [0, 0.05) is 22.5 Å². The van der Waals surface area contributed by atoms with E-state index in [1.807, 2.05) is 38.1 Å². The second kappa shape index (κ2) is 7.78. The first kappa shape index (κ1) is 21.7. The van der Waals surface area contributed by atoms with E-state index >= 15 is 0 Å². The van der Waals surface area contributed by atoms with Crippen molar-refractivity contribution in [3.63, 3.8) is 0 Å². The van der Waals surface area contributed by atoms with E-state index in [1.54, 1.807) is 0 Å². The number of anilines is 2. The zero-order valence-corrected chi connectivity index (χ0v) is 18.5. The van der Waals surface area contributed by atoms with Gasteiger partial charge in [-0.3, -0.25) is 0 Å². The summed E-state index contributed by atoms with van der Waals surface area (Å²) in [5, 5.41) is 8.81. The van der Waals surface area contributed by atoms with Crippen LogP contribution in [0.15, 0.2) is 46.6 Å². The average molecular weight is 379 g/mol. The van der Waals surface area contributed by atoms with E-state index in [-0.39, 0.29) is 10.8 Å². The molecule has 4 N–H and O–H groups in total. The number of nitrogens with zero attached hydrogens (tertiary/aromatic N) is 2. The lowest BCUT2D eigenvalue weighted by Crippen LogP contribution is -2.13. The monoisotopic (exact) mass is 378 g/mol. The first-order valence-electron chi connectivity index (χ1n) is 9.70. The Morgan fingerprint density at radius 1 is 0.643 bits per heavy atom.